The highest BCUT2D eigenvalue weighted by Crippen LogP contribution is 2.27. The van der Waals surface area contributed by atoms with E-state index in [1.165, 1.54) is 7.05 Å². The molecule has 4 nitrogen and oxygen atoms in total. The number of rotatable bonds is 1. The molecule has 6 heteroatoms. The molecule has 1 heterocycles. The van der Waals surface area contributed by atoms with Crippen LogP contribution in [0.5, 0.6) is 0 Å². The van der Waals surface area contributed by atoms with E-state index in [0.717, 1.165) is 11.3 Å². The quantitative estimate of drug-likeness (QED) is 0.609. The van der Waals surface area contributed by atoms with E-state index in [1.54, 1.807) is 18.2 Å². The van der Waals surface area contributed by atoms with Crippen molar-refractivity contribution >= 4 is 39.1 Å². The third-order valence-corrected chi connectivity index (χ3v) is 3.57. The van der Waals surface area contributed by atoms with Crippen LogP contribution in [0.25, 0.3) is 10.2 Å². The van der Waals surface area contributed by atoms with E-state index < -0.39 is 5.91 Å². The van der Waals surface area contributed by atoms with Crippen molar-refractivity contribution in [3.8, 4) is 0 Å². The molecule has 1 N–H and O–H groups in total. The van der Waals surface area contributed by atoms with Gasteiger partial charge in [-0.15, -0.1) is 4.73 Å². The molecule has 0 aliphatic carbocycles. The summed E-state index contributed by atoms with van der Waals surface area (Å²) in [5.74, 6) is -0.401. The lowest BCUT2D eigenvalue weighted by atomic mass is 10.3. The maximum absolute atomic E-state index is 11.7. The van der Waals surface area contributed by atoms with Crippen LogP contribution < -0.4 is 10.0 Å². The molecule has 0 aliphatic heterocycles. The van der Waals surface area contributed by atoms with Gasteiger partial charge in [0.05, 0.1) is 5.02 Å². The Kier molecular flexibility index (Phi) is 2.50. The largest absolute Gasteiger partial charge is 0.617 e. The Morgan fingerprint density at radius 3 is 2.93 bits per heavy atom. The minimum atomic E-state index is -0.401. The third-order valence-electron chi connectivity index (χ3n) is 1.97. The number of thiazole rings is 1. The summed E-state index contributed by atoms with van der Waals surface area (Å²) in [6.45, 7) is 0. The van der Waals surface area contributed by atoms with E-state index in [4.69, 9.17) is 11.6 Å². The third kappa shape index (κ3) is 1.53. The fraction of sp³-hybridized carbons (Fsp3) is 0.111. The molecule has 0 saturated carbocycles. The highest BCUT2D eigenvalue weighted by molar-refractivity contribution is 7.20. The first-order valence-electron chi connectivity index (χ1n) is 4.18. The minimum Gasteiger partial charge on any atom is -0.617 e. The maximum atomic E-state index is 11.7. The van der Waals surface area contributed by atoms with E-state index in [0.29, 0.717) is 20.0 Å². The highest BCUT2D eigenvalue weighted by atomic mass is 35.5. The molecule has 0 aliphatic rings. The van der Waals surface area contributed by atoms with Crippen LogP contribution in [0.2, 0.25) is 5.02 Å². The number of carbonyl (C=O) groups is 1. The zero-order valence-corrected chi connectivity index (χ0v) is 9.35. The summed E-state index contributed by atoms with van der Waals surface area (Å²) in [5.41, 5.74) is 0.422. The summed E-state index contributed by atoms with van der Waals surface area (Å²) < 4.78 is 1.23. The zero-order chi connectivity index (χ0) is 11.0. The molecule has 1 amide bonds. The Bertz CT molecular complexity index is 538. The van der Waals surface area contributed by atoms with Crippen LogP contribution in [-0.2, 0) is 0 Å². The topological polar surface area (TPSA) is 56.0 Å². The zero-order valence-electron chi connectivity index (χ0n) is 7.78. The number of hydrogen-bond donors (Lipinski definition) is 1. The summed E-state index contributed by atoms with van der Waals surface area (Å²) in [6, 6.07) is 5.00. The van der Waals surface area contributed by atoms with Gasteiger partial charge in [-0.25, -0.2) is 0 Å². The standard InChI is InChI=1S/C9H7ClN2O2S/c1-11-8(13)9-12(14)6-4-2-3-5(10)7(6)15-9/h2-4H,1H3,(H,11,13). The van der Waals surface area contributed by atoms with Crippen LogP contribution >= 0.6 is 22.9 Å². The number of fused-ring (bicyclic) bond motifs is 1. The van der Waals surface area contributed by atoms with Gasteiger partial charge in [0.15, 0.2) is 0 Å². The van der Waals surface area contributed by atoms with E-state index in [2.05, 4.69) is 5.32 Å². The molecule has 0 atom stereocenters. The van der Waals surface area contributed by atoms with Gasteiger partial charge in [0.2, 0.25) is 5.52 Å². The summed E-state index contributed by atoms with van der Waals surface area (Å²) in [4.78, 5) is 11.4. The lowest BCUT2D eigenvalue weighted by Gasteiger charge is -1.96. The first-order chi connectivity index (χ1) is 7.15. The fourth-order valence-corrected chi connectivity index (χ4v) is 2.53. The molecule has 0 fully saturated rings. The van der Waals surface area contributed by atoms with Gasteiger partial charge in [0, 0.05) is 13.1 Å². The number of carbonyl (C=O) groups excluding carboxylic acids is 1. The molecule has 0 unspecified atom stereocenters. The highest BCUT2D eigenvalue weighted by Gasteiger charge is 2.23. The second-order valence-electron chi connectivity index (χ2n) is 2.87. The Balaban J connectivity index is 2.75. The maximum Gasteiger partial charge on any atom is 0.339 e. The van der Waals surface area contributed by atoms with Gasteiger partial charge in [-0.1, -0.05) is 29.0 Å². The molecule has 15 heavy (non-hydrogen) atoms. The first-order valence-corrected chi connectivity index (χ1v) is 5.37. The molecule has 0 spiro atoms. The van der Waals surface area contributed by atoms with E-state index in [9.17, 15) is 10.0 Å². The van der Waals surface area contributed by atoms with E-state index in [1.807, 2.05) is 0 Å². The van der Waals surface area contributed by atoms with Crippen LogP contribution in [0.15, 0.2) is 18.2 Å². The van der Waals surface area contributed by atoms with E-state index >= 15 is 0 Å². The van der Waals surface area contributed by atoms with Crippen LogP contribution in [0.4, 0.5) is 0 Å². The second-order valence-corrected chi connectivity index (χ2v) is 4.28. The predicted molar refractivity (Wildman–Crippen MR) is 59.2 cm³/mol. The molecule has 2 aromatic rings. The Morgan fingerprint density at radius 1 is 1.60 bits per heavy atom. The van der Waals surface area contributed by atoms with Crippen molar-refractivity contribution in [3.63, 3.8) is 0 Å². The number of halogens is 1. The molecule has 0 saturated heterocycles. The number of nitrogens with zero attached hydrogens (tertiary/aromatic N) is 1. The molecular weight excluding hydrogens is 236 g/mol. The number of benzene rings is 1. The van der Waals surface area contributed by atoms with Gasteiger partial charge in [0.25, 0.3) is 0 Å². The number of nitrogens with one attached hydrogen (secondary N) is 1. The minimum absolute atomic E-state index is 0.0978. The smallest absolute Gasteiger partial charge is 0.339 e. The Morgan fingerprint density at radius 2 is 2.33 bits per heavy atom. The normalized spacial score (nSPS) is 10.5. The number of amides is 1. The SMILES string of the molecule is CNC(=O)c1sc2c(Cl)cccc2[n+]1[O-]. The van der Waals surface area contributed by atoms with Gasteiger partial charge >= 0.3 is 10.9 Å². The fourth-order valence-electron chi connectivity index (χ4n) is 1.25. The number of hydrogen-bond acceptors (Lipinski definition) is 3. The van der Waals surface area contributed by atoms with Crippen LogP contribution in [-0.4, -0.2) is 13.0 Å². The monoisotopic (exact) mass is 242 g/mol. The van der Waals surface area contributed by atoms with Crippen molar-refractivity contribution in [2.24, 2.45) is 0 Å². The van der Waals surface area contributed by atoms with Gasteiger partial charge < -0.3 is 10.5 Å². The molecule has 2 rings (SSSR count). The second kappa shape index (κ2) is 3.67. The van der Waals surface area contributed by atoms with E-state index in [-0.39, 0.29) is 5.01 Å². The van der Waals surface area contributed by atoms with Crippen LogP contribution in [0, 0.1) is 5.21 Å². The van der Waals surface area contributed by atoms with Gasteiger partial charge in [-0.2, -0.15) is 0 Å². The lowest BCUT2D eigenvalue weighted by Crippen LogP contribution is -2.35. The van der Waals surface area contributed by atoms with Crippen LogP contribution in [0.3, 0.4) is 0 Å². The van der Waals surface area contributed by atoms with Gasteiger partial charge in [-0.05, 0) is 6.07 Å². The Labute approximate surface area is 94.7 Å². The predicted octanol–water partition coefficient (Wildman–Crippen LogP) is 1.55. The average Bonchev–Trinajstić information content (AvgIpc) is 2.57. The lowest BCUT2D eigenvalue weighted by molar-refractivity contribution is -0.574. The molecule has 1 aromatic carbocycles. The summed E-state index contributed by atoms with van der Waals surface area (Å²) in [6.07, 6.45) is 0. The van der Waals surface area contributed by atoms with Crippen molar-refractivity contribution < 1.29 is 9.52 Å². The molecule has 0 bridgehead atoms. The summed E-state index contributed by atoms with van der Waals surface area (Å²) in [5, 5.41) is 14.7. The molecule has 1 aromatic heterocycles. The van der Waals surface area contributed by atoms with Crippen molar-refractivity contribution in [2.75, 3.05) is 7.05 Å². The summed E-state index contributed by atoms with van der Waals surface area (Å²) >= 11 is 7.01. The first kappa shape index (κ1) is 10.2. The average molecular weight is 243 g/mol. The molecule has 0 radical (unpaired) electrons. The van der Waals surface area contributed by atoms with Crippen molar-refractivity contribution in [1.29, 1.82) is 0 Å². The van der Waals surface area contributed by atoms with Crippen LogP contribution in [0.1, 0.15) is 9.80 Å². The Hall–Kier alpha value is -1.33. The molecule has 78 valence electrons. The number of aromatic nitrogens is 1. The summed E-state index contributed by atoms with van der Waals surface area (Å²) in [7, 11) is 1.48. The van der Waals surface area contributed by atoms with Gasteiger partial charge in [0.1, 0.15) is 4.70 Å². The van der Waals surface area contributed by atoms with Crippen molar-refractivity contribution in [1.82, 2.24) is 5.32 Å². The van der Waals surface area contributed by atoms with Crippen molar-refractivity contribution in [2.45, 2.75) is 0 Å². The van der Waals surface area contributed by atoms with Crippen molar-refractivity contribution in [3.05, 3.63) is 33.4 Å². The molecular formula is C9H7ClN2O2S. The van der Waals surface area contributed by atoms with Gasteiger partial charge in [-0.3, -0.25) is 4.79 Å².